The summed E-state index contributed by atoms with van der Waals surface area (Å²) in [6.45, 7) is 0. The summed E-state index contributed by atoms with van der Waals surface area (Å²) >= 11 is 24.2. The fraction of sp³-hybridized carbons (Fsp3) is 0.111. The Balaban J connectivity index is 1.48. The van der Waals surface area contributed by atoms with Crippen LogP contribution in [-0.4, -0.2) is 29.4 Å². The summed E-state index contributed by atoms with van der Waals surface area (Å²) in [5.41, 5.74) is 5.48. The van der Waals surface area contributed by atoms with Crippen LogP contribution in [-0.2, 0) is 4.79 Å². The summed E-state index contributed by atoms with van der Waals surface area (Å²) < 4.78 is 0. The molecule has 6 nitrogen and oxygen atoms in total. The predicted octanol–water partition coefficient (Wildman–Crippen LogP) is 6.77. The third-order valence-electron chi connectivity index (χ3n) is 6.08. The number of aliphatic imine (C=N–C) groups is 1. The highest BCUT2D eigenvalue weighted by Gasteiger charge is 2.43. The minimum atomic E-state index is -0.721. The average Bonchev–Trinajstić information content (AvgIpc) is 3.38. The number of rotatable bonds is 7. The zero-order chi connectivity index (χ0) is 26.3. The number of nitrogens with one attached hydrogen (secondary N) is 1. The van der Waals surface area contributed by atoms with Crippen LogP contribution in [0.2, 0.25) is 20.1 Å². The van der Waals surface area contributed by atoms with Crippen molar-refractivity contribution in [2.24, 2.45) is 4.99 Å². The molecule has 0 bridgehead atoms. The van der Waals surface area contributed by atoms with E-state index >= 15 is 0 Å². The van der Waals surface area contributed by atoms with Gasteiger partial charge in [0.2, 0.25) is 0 Å². The molecule has 1 fully saturated rings. The van der Waals surface area contributed by atoms with E-state index in [-0.39, 0.29) is 40.4 Å². The Morgan fingerprint density at radius 2 is 1.35 bits per heavy atom. The molecule has 1 amide bonds. The lowest BCUT2D eigenvalue weighted by molar-refractivity contribution is -0.114. The van der Waals surface area contributed by atoms with Gasteiger partial charge < -0.3 is 0 Å². The molecule has 0 radical (unpaired) electrons. The zero-order valence-electron chi connectivity index (χ0n) is 19.0. The van der Waals surface area contributed by atoms with E-state index in [1.807, 2.05) is 18.2 Å². The molecule has 2 heterocycles. The second-order valence-electron chi connectivity index (χ2n) is 8.43. The second kappa shape index (κ2) is 10.4. The molecule has 10 heteroatoms. The van der Waals surface area contributed by atoms with Crippen LogP contribution in [0.5, 0.6) is 0 Å². The number of anilines is 1. The Labute approximate surface area is 232 Å². The van der Waals surface area contributed by atoms with Crippen LogP contribution in [0.3, 0.4) is 0 Å². The number of halogens is 4. The van der Waals surface area contributed by atoms with Crippen molar-refractivity contribution in [3.63, 3.8) is 0 Å². The number of para-hydroxylation sites is 1. The van der Waals surface area contributed by atoms with Crippen molar-refractivity contribution in [3.8, 4) is 0 Å². The van der Waals surface area contributed by atoms with Crippen LogP contribution < -0.4 is 10.4 Å². The van der Waals surface area contributed by atoms with Crippen LogP contribution in [0.1, 0.15) is 33.6 Å². The summed E-state index contributed by atoms with van der Waals surface area (Å²) in [5.74, 6) is -0.902. The molecular weight excluding hydrogens is 556 g/mol. The van der Waals surface area contributed by atoms with Crippen LogP contribution in [0.4, 0.5) is 5.69 Å². The number of carbonyl (C=O) groups is 3. The lowest BCUT2D eigenvalue weighted by Crippen LogP contribution is -2.37. The highest BCUT2D eigenvalue weighted by molar-refractivity contribution is 6.42. The van der Waals surface area contributed by atoms with E-state index in [2.05, 4.69) is 10.4 Å². The van der Waals surface area contributed by atoms with Crippen molar-refractivity contribution < 1.29 is 14.4 Å². The van der Waals surface area contributed by atoms with Gasteiger partial charge in [-0.15, -0.1) is 0 Å². The number of hydrogen-bond acceptors (Lipinski definition) is 5. The van der Waals surface area contributed by atoms with Gasteiger partial charge in [-0.1, -0.05) is 64.6 Å². The first-order valence-electron chi connectivity index (χ1n) is 11.1. The van der Waals surface area contributed by atoms with Crippen LogP contribution in [0.25, 0.3) is 0 Å². The fourth-order valence-electron chi connectivity index (χ4n) is 4.23. The SMILES string of the molecule is O=C(CC1=N[C@H]2NN(c3ccccc3)C(=O)C2=C1CC(=O)c1ccc(Cl)c(Cl)c1)c1ccc(Cl)c(Cl)c1. The molecule has 3 aromatic rings. The Hall–Kier alpha value is -3.00. The molecule has 2 aliphatic heterocycles. The van der Waals surface area contributed by atoms with Gasteiger partial charge in [0.25, 0.3) is 5.91 Å². The van der Waals surface area contributed by atoms with Crippen LogP contribution in [0.15, 0.2) is 82.9 Å². The van der Waals surface area contributed by atoms with E-state index < -0.39 is 6.17 Å². The maximum Gasteiger partial charge on any atom is 0.272 e. The lowest BCUT2D eigenvalue weighted by atomic mass is 9.93. The number of hydrazine groups is 1. The van der Waals surface area contributed by atoms with Gasteiger partial charge in [-0.3, -0.25) is 19.4 Å². The molecule has 2 aliphatic rings. The third-order valence-corrected chi connectivity index (χ3v) is 7.56. The predicted molar refractivity (Wildman–Crippen MR) is 146 cm³/mol. The maximum absolute atomic E-state index is 13.5. The number of nitrogens with zero attached hydrogens (tertiary/aromatic N) is 2. The molecule has 37 heavy (non-hydrogen) atoms. The number of fused-ring (bicyclic) bond motifs is 1. The van der Waals surface area contributed by atoms with Crippen LogP contribution >= 0.6 is 46.4 Å². The van der Waals surface area contributed by atoms with Crippen molar-refractivity contribution in [1.82, 2.24) is 5.43 Å². The van der Waals surface area contributed by atoms with Crippen molar-refractivity contribution >= 4 is 75.3 Å². The summed E-state index contributed by atoms with van der Waals surface area (Å²) in [7, 11) is 0. The van der Waals surface area contributed by atoms with E-state index in [4.69, 9.17) is 46.4 Å². The Morgan fingerprint density at radius 1 is 0.784 bits per heavy atom. The van der Waals surface area contributed by atoms with Crippen molar-refractivity contribution in [3.05, 3.63) is 109 Å². The average molecular weight is 573 g/mol. The number of amides is 1. The molecule has 0 spiro atoms. The number of allylic oxidation sites excluding steroid dienone is 1. The fourth-order valence-corrected chi connectivity index (χ4v) is 4.83. The molecule has 0 saturated carbocycles. The molecular formula is C27H17Cl4N3O3. The largest absolute Gasteiger partial charge is 0.294 e. The second-order valence-corrected chi connectivity index (χ2v) is 10.1. The smallest absolute Gasteiger partial charge is 0.272 e. The Bertz CT molecular complexity index is 1520. The molecule has 1 saturated heterocycles. The van der Waals surface area contributed by atoms with E-state index in [0.717, 1.165) is 0 Å². The van der Waals surface area contributed by atoms with Gasteiger partial charge in [0.15, 0.2) is 11.6 Å². The van der Waals surface area contributed by atoms with Crippen LogP contribution in [0, 0.1) is 0 Å². The summed E-state index contributed by atoms with van der Waals surface area (Å²) in [6.07, 6.45) is -0.990. The highest BCUT2D eigenvalue weighted by atomic mass is 35.5. The van der Waals surface area contributed by atoms with Gasteiger partial charge in [0.05, 0.1) is 37.8 Å². The number of ketones is 2. The van der Waals surface area contributed by atoms with E-state index in [1.54, 1.807) is 24.3 Å². The topological polar surface area (TPSA) is 78.8 Å². The molecule has 3 aromatic carbocycles. The molecule has 0 aliphatic carbocycles. The zero-order valence-corrected chi connectivity index (χ0v) is 22.0. The molecule has 0 unspecified atom stereocenters. The third kappa shape index (κ3) is 5.08. The number of carbonyl (C=O) groups excluding carboxylic acids is 3. The lowest BCUT2D eigenvalue weighted by Gasteiger charge is -2.17. The molecule has 5 rings (SSSR count). The van der Waals surface area contributed by atoms with E-state index in [1.165, 1.54) is 29.3 Å². The molecule has 1 atom stereocenters. The molecule has 1 N–H and O–H groups in total. The summed E-state index contributed by atoms with van der Waals surface area (Å²) in [4.78, 5) is 44.4. The molecule has 0 aromatic heterocycles. The van der Waals surface area contributed by atoms with Gasteiger partial charge in [-0.05, 0) is 54.1 Å². The standard InChI is InChI=1S/C27H17Cl4N3O3/c28-18-8-6-14(10-20(18)30)23(35)12-17-22(13-24(36)15-7-9-19(29)21(31)11-15)32-26-25(17)27(37)34(33-26)16-4-2-1-3-5-16/h1-11,26,33H,12-13H2/t26-/m0/s1. The number of hydrogen-bond donors (Lipinski definition) is 1. The highest BCUT2D eigenvalue weighted by Crippen LogP contribution is 2.34. The first-order valence-corrected chi connectivity index (χ1v) is 12.7. The van der Waals surface area contributed by atoms with Gasteiger partial charge in [0, 0.05) is 23.3 Å². The van der Waals surface area contributed by atoms with Gasteiger partial charge in [-0.2, -0.15) is 5.43 Å². The normalized spacial score (nSPS) is 16.8. The van der Waals surface area contributed by atoms with Crippen molar-refractivity contribution in [1.29, 1.82) is 0 Å². The number of benzene rings is 3. The molecule has 186 valence electrons. The van der Waals surface area contributed by atoms with Crippen molar-refractivity contribution in [2.75, 3.05) is 5.01 Å². The number of Topliss-reactive ketones (excluding diaryl/α,β-unsaturated/α-hetero) is 2. The summed E-state index contributed by atoms with van der Waals surface area (Å²) in [6, 6.07) is 18.2. The Kier molecular flexibility index (Phi) is 7.21. The van der Waals surface area contributed by atoms with Gasteiger partial charge in [0.1, 0.15) is 6.17 Å². The quantitative estimate of drug-likeness (QED) is 0.317. The van der Waals surface area contributed by atoms with E-state index in [0.29, 0.717) is 43.7 Å². The van der Waals surface area contributed by atoms with Gasteiger partial charge >= 0.3 is 0 Å². The monoisotopic (exact) mass is 571 g/mol. The minimum Gasteiger partial charge on any atom is -0.294 e. The first kappa shape index (κ1) is 25.6. The summed E-state index contributed by atoms with van der Waals surface area (Å²) in [5, 5.41) is 2.54. The first-order chi connectivity index (χ1) is 17.7. The van der Waals surface area contributed by atoms with Gasteiger partial charge in [-0.25, -0.2) is 5.01 Å². The minimum absolute atomic E-state index is 0.123. The van der Waals surface area contributed by atoms with Crippen molar-refractivity contribution in [2.45, 2.75) is 19.0 Å². The van der Waals surface area contributed by atoms with E-state index in [9.17, 15) is 14.4 Å². The maximum atomic E-state index is 13.5. The Morgan fingerprint density at radius 3 is 1.92 bits per heavy atom.